The Hall–Kier alpha value is -0.290. The summed E-state index contributed by atoms with van der Waals surface area (Å²) >= 11 is 0. The zero-order valence-electron chi connectivity index (χ0n) is 11.1. The summed E-state index contributed by atoms with van der Waals surface area (Å²) in [6, 6.07) is -0.158. The maximum atomic E-state index is 12.4. The maximum absolute atomic E-state index is 12.4. The Morgan fingerprint density at radius 3 is 2.56 bits per heavy atom. The number of morpholine rings is 1. The van der Waals surface area contributed by atoms with Gasteiger partial charge in [-0.1, -0.05) is 13.8 Å². The molecule has 1 aliphatic heterocycles. The lowest BCUT2D eigenvalue weighted by Crippen LogP contribution is -2.57. The Bertz CT molecular complexity index is 303. The molecule has 0 amide bonds. The van der Waals surface area contributed by atoms with Crippen LogP contribution in [0.2, 0.25) is 0 Å². The molecule has 1 saturated carbocycles. The van der Waals surface area contributed by atoms with Crippen molar-refractivity contribution in [3.05, 3.63) is 0 Å². The molecule has 0 aromatic carbocycles. The Balaban J connectivity index is 2.03. The van der Waals surface area contributed by atoms with Gasteiger partial charge in [-0.3, -0.25) is 0 Å². The molecule has 1 aliphatic carbocycles. The third-order valence-electron chi connectivity index (χ3n) is 4.24. The van der Waals surface area contributed by atoms with E-state index < -0.39 is 12.6 Å². The molecule has 1 heterocycles. The van der Waals surface area contributed by atoms with Gasteiger partial charge in [0, 0.05) is 19.0 Å². The molecule has 1 spiro atoms. The standard InChI is InChI=1S/C13H22F3NO/c1-11(2)5-6-12(9-11)10(17-7-8-18-12)3-4-13(14,15)16/h10,17H,3-9H2,1-2H3. The summed E-state index contributed by atoms with van der Waals surface area (Å²) < 4.78 is 43.0. The van der Waals surface area contributed by atoms with E-state index in [4.69, 9.17) is 4.74 Å². The third kappa shape index (κ3) is 3.18. The average Bonchev–Trinajstić information content (AvgIpc) is 2.53. The second-order valence-electron chi connectivity index (χ2n) is 6.41. The third-order valence-corrected chi connectivity index (χ3v) is 4.24. The van der Waals surface area contributed by atoms with E-state index in [9.17, 15) is 13.2 Å². The van der Waals surface area contributed by atoms with E-state index >= 15 is 0 Å². The zero-order valence-corrected chi connectivity index (χ0v) is 11.1. The van der Waals surface area contributed by atoms with Gasteiger partial charge in [-0.25, -0.2) is 0 Å². The summed E-state index contributed by atoms with van der Waals surface area (Å²) in [5.74, 6) is 0. The topological polar surface area (TPSA) is 21.3 Å². The van der Waals surface area contributed by atoms with Crippen LogP contribution in [0.4, 0.5) is 13.2 Å². The van der Waals surface area contributed by atoms with Crippen LogP contribution in [0.5, 0.6) is 0 Å². The molecule has 2 rings (SSSR count). The predicted molar refractivity (Wildman–Crippen MR) is 63.4 cm³/mol. The first-order chi connectivity index (χ1) is 8.23. The summed E-state index contributed by atoms with van der Waals surface area (Å²) in [6.45, 7) is 5.60. The molecule has 2 fully saturated rings. The highest BCUT2D eigenvalue weighted by Gasteiger charge is 2.50. The van der Waals surface area contributed by atoms with Crippen molar-refractivity contribution in [2.75, 3.05) is 13.2 Å². The Labute approximate surface area is 106 Å². The van der Waals surface area contributed by atoms with Crippen molar-refractivity contribution >= 4 is 0 Å². The van der Waals surface area contributed by atoms with E-state index in [2.05, 4.69) is 19.2 Å². The van der Waals surface area contributed by atoms with Crippen molar-refractivity contribution in [1.82, 2.24) is 5.32 Å². The van der Waals surface area contributed by atoms with Crippen LogP contribution in [0.1, 0.15) is 46.0 Å². The number of nitrogens with one attached hydrogen (secondary N) is 1. The van der Waals surface area contributed by atoms with Gasteiger partial charge in [0.15, 0.2) is 0 Å². The van der Waals surface area contributed by atoms with Gasteiger partial charge < -0.3 is 10.1 Å². The minimum Gasteiger partial charge on any atom is -0.372 e. The van der Waals surface area contributed by atoms with Crippen LogP contribution in [-0.4, -0.2) is 31.0 Å². The lowest BCUT2D eigenvalue weighted by molar-refractivity contribution is -0.148. The molecule has 2 unspecified atom stereocenters. The first-order valence-electron chi connectivity index (χ1n) is 6.67. The van der Waals surface area contributed by atoms with Crippen molar-refractivity contribution < 1.29 is 17.9 Å². The molecule has 0 bridgehead atoms. The van der Waals surface area contributed by atoms with Crippen molar-refractivity contribution in [1.29, 1.82) is 0 Å². The number of alkyl halides is 3. The molecule has 2 aliphatic rings. The number of rotatable bonds is 2. The first kappa shape index (κ1) is 14.1. The van der Waals surface area contributed by atoms with Gasteiger partial charge in [-0.05, 0) is 31.1 Å². The van der Waals surface area contributed by atoms with Crippen LogP contribution < -0.4 is 5.32 Å². The number of ether oxygens (including phenoxy) is 1. The molecule has 0 radical (unpaired) electrons. The van der Waals surface area contributed by atoms with Crippen LogP contribution in [0, 0.1) is 5.41 Å². The van der Waals surface area contributed by atoms with E-state index in [0.717, 1.165) is 19.3 Å². The van der Waals surface area contributed by atoms with Crippen molar-refractivity contribution in [2.24, 2.45) is 5.41 Å². The van der Waals surface area contributed by atoms with E-state index in [1.54, 1.807) is 0 Å². The summed E-state index contributed by atoms with van der Waals surface area (Å²) in [5, 5.41) is 3.24. The highest BCUT2D eigenvalue weighted by atomic mass is 19.4. The van der Waals surface area contributed by atoms with Crippen LogP contribution in [0.3, 0.4) is 0 Å². The molecule has 2 nitrogen and oxygen atoms in total. The van der Waals surface area contributed by atoms with Gasteiger partial charge in [0.2, 0.25) is 0 Å². The van der Waals surface area contributed by atoms with E-state index in [0.29, 0.717) is 13.2 Å². The van der Waals surface area contributed by atoms with Crippen molar-refractivity contribution in [3.63, 3.8) is 0 Å². The number of halogens is 3. The second kappa shape index (κ2) is 4.67. The van der Waals surface area contributed by atoms with E-state index in [1.165, 1.54) is 0 Å². The lowest BCUT2D eigenvalue weighted by Gasteiger charge is -2.43. The number of hydrogen-bond acceptors (Lipinski definition) is 2. The number of hydrogen-bond donors (Lipinski definition) is 1. The summed E-state index contributed by atoms with van der Waals surface area (Å²) in [7, 11) is 0. The molecule has 0 aromatic rings. The Kier molecular flexibility index (Phi) is 3.67. The molecule has 1 saturated heterocycles. The maximum Gasteiger partial charge on any atom is 0.389 e. The van der Waals surface area contributed by atoms with Gasteiger partial charge in [0.05, 0.1) is 12.2 Å². The monoisotopic (exact) mass is 265 g/mol. The summed E-state index contributed by atoms with van der Waals surface area (Å²) in [4.78, 5) is 0. The SMILES string of the molecule is CC1(C)CCC2(C1)OCCNC2CCC(F)(F)F. The molecular weight excluding hydrogens is 243 g/mol. The molecule has 18 heavy (non-hydrogen) atoms. The fourth-order valence-electron chi connectivity index (χ4n) is 3.40. The molecule has 1 N–H and O–H groups in total. The van der Waals surface area contributed by atoms with Crippen LogP contribution in [-0.2, 0) is 4.74 Å². The average molecular weight is 265 g/mol. The quantitative estimate of drug-likeness (QED) is 0.827. The Morgan fingerprint density at radius 1 is 1.28 bits per heavy atom. The zero-order chi connectivity index (χ0) is 13.4. The lowest BCUT2D eigenvalue weighted by atomic mass is 9.83. The largest absolute Gasteiger partial charge is 0.389 e. The van der Waals surface area contributed by atoms with Gasteiger partial charge in [0.1, 0.15) is 0 Å². The van der Waals surface area contributed by atoms with Crippen LogP contribution >= 0.6 is 0 Å². The second-order valence-corrected chi connectivity index (χ2v) is 6.41. The molecule has 2 atom stereocenters. The molecular formula is C13H22F3NO. The van der Waals surface area contributed by atoms with Crippen LogP contribution in [0.25, 0.3) is 0 Å². The van der Waals surface area contributed by atoms with Gasteiger partial charge in [-0.15, -0.1) is 0 Å². The van der Waals surface area contributed by atoms with E-state index in [-0.39, 0.29) is 23.5 Å². The summed E-state index contributed by atoms with van der Waals surface area (Å²) in [5.41, 5.74) is -0.192. The summed E-state index contributed by atoms with van der Waals surface area (Å²) in [6.07, 6.45) is -1.92. The van der Waals surface area contributed by atoms with Crippen molar-refractivity contribution in [3.8, 4) is 0 Å². The van der Waals surface area contributed by atoms with Gasteiger partial charge in [0.25, 0.3) is 0 Å². The minimum absolute atomic E-state index is 0.125. The van der Waals surface area contributed by atoms with Crippen molar-refractivity contribution in [2.45, 2.75) is 63.8 Å². The minimum atomic E-state index is -4.07. The fraction of sp³-hybridized carbons (Fsp3) is 1.00. The molecule has 106 valence electrons. The van der Waals surface area contributed by atoms with E-state index in [1.807, 2.05) is 0 Å². The normalized spacial score (nSPS) is 36.2. The molecule has 0 aromatic heterocycles. The highest BCUT2D eigenvalue weighted by molar-refractivity contribution is 5.04. The predicted octanol–water partition coefficient (Wildman–Crippen LogP) is 3.27. The van der Waals surface area contributed by atoms with Gasteiger partial charge >= 0.3 is 6.18 Å². The van der Waals surface area contributed by atoms with Crippen LogP contribution in [0.15, 0.2) is 0 Å². The highest BCUT2D eigenvalue weighted by Crippen LogP contribution is 2.49. The molecule has 5 heteroatoms. The Morgan fingerprint density at radius 2 is 2.00 bits per heavy atom. The van der Waals surface area contributed by atoms with Gasteiger partial charge in [-0.2, -0.15) is 13.2 Å². The first-order valence-corrected chi connectivity index (χ1v) is 6.67. The fourth-order valence-corrected chi connectivity index (χ4v) is 3.40. The smallest absolute Gasteiger partial charge is 0.372 e.